The van der Waals surface area contributed by atoms with Crippen LogP contribution < -0.4 is 4.83 Å². The SMILES string of the molecule is O=S(=O)(NN=C(C1CC1)C1CC1)c1ccccc1. The predicted octanol–water partition coefficient (Wildman–Crippen LogP) is 2.14. The molecule has 3 rings (SSSR count). The highest BCUT2D eigenvalue weighted by atomic mass is 32.2. The number of hydrogen-bond acceptors (Lipinski definition) is 3. The Morgan fingerprint density at radius 3 is 2.11 bits per heavy atom. The Kier molecular flexibility index (Phi) is 2.86. The number of rotatable bonds is 5. The lowest BCUT2D eigenvalue weighted by Gasteiger charge is -2.06. The van der Waals surface area contributed by atoms with Crippen molar-refractivity contribution >= 4 is 15.7 Å². The van der Waals surface area contributed by atoms with E-state index in [0.29, 0.717) is 11.8 Å². The monoisotopic (exact) mass is 264 g/mol. The van der Waals surface area contributed by atoms with Crippen molar-refractivity contribution in [2.75, 3.05) is 0 Å². The molecule has 5 heteroatoms. The second kappa shape index (κ2) is 4.39. The molecule has 0 aliphatic heterocycles. The highest BCUT2D eigenvalue weighted by Gasteiger charge is 2.38. The molecule has 0 saturated heterocycles. The zero-order valence-electron chi connectivity index (χ0n) is 10.0. The zero-order chi connectivity index (χ0) is 12.6. The number of hydrazone groups is 1. The van der Waals surface area contributed by atoms with Gasteiger partial charge in [0.05, 0.1) is 4.90 Å². The third kappa shape index (κ3) is 2.56. The molecule has 1 aromatic carbocycles. The molecule has 1 N–H and O–H groups in total. The van der Waals surface area contributed by atoms with Crippen LogP contribution in [0.2, 0.25) is 0 Å². The Morgan fingerprint density at radius 1 is 1.06 bits per heavy atom. The molecule has 4 nitrogen and oxygen atoms in total. The molecule has 18 heavy (non-hydrogen) atoms. The van der Waals surface area contributed by atoms with Gasteiger partial charge in [0.15, 0.2) is 0 Å². The number of nitrogens with zero attached hydrogens (tertiary/aromatic N) is 1. The van der Waals surface area contributed by atoms with Gasteiger partial charge in [-0.1, -0.05) is 18.2 Å². The van der Waals surface area contributed by atoms with E-state index in [1.54, 1.807) is 30.3 Å². The van der Waals surface area contributed by atoms with E-state index in [4.69, 9.17) is 0 Å². The van der Waals surface area contributed by atoms with Crippen molar-refractivity contribution in [3.63, 3.8) is 0 Å². The van der Waals surface area contributed by atoms with Gasteiger partial charge in [-0.3, -0.25) is 0 Å². The normalized spacial score (nSPS) is 19.3. The molecule has 1 aromatic rings. The molecule has 2 saturated carbocycles. The number of hydrogen-bond donors (Lipinski definition) is 1. The molecule has 0 radical (unpaired) electrons. The molecule has 0 spiro atoms. The lowest BCUT2D eigenvalue weighted by atomic mass is 10.2. The lowest BCUT2D eigenvalue weighted by Crippen LogP contribution is -2.21. The van der Waals surface area contributed by atoms with E-state index in [0.717, 1.165) is 31.4 Å². The second-order valence-corrected chi connectivity index (χ2v) is 6.65. The summed E-state index contributed by atoms with van der Waals surface area (Å²) in [4.78, 5) is 2.64. The molecular weight excluding hydrogens is 248 g/mol. The highest BCUT2D eigenvalue weighted by molar-refractivity contribution is 7.89. The van der Waals surface area contributed by atoms with E-state index in [9.17, 15) is 8.42 Å². The average molecular weight is 264 g/mol. The van der Waals surface area contributed by atoms with Crippen LogP contribution in [-0.2, 0) is 10.0 Å². The van der Waals surface area contributed by atoms with E-state index in [1.165, 1.54) is 0 Å². The minimum absolute atomic E-state index is 0.264. The number of sulfonamides is 1. The van der Waals surface area contributed by atoms with E-state index in [-0.39, 0.29) is 4.90 Å². The first-order chi connectivity index (χ1) is 8.67. The number of nitrogens with one attached hydrogen (secondary N) is 1. The van der Waals surface area contributed by atoms with Gasteiger partial charge in [-0.05, 0) is 49.7 Å². The largest absolute Gasteiger partial charge is 0.276 e. The van der Waals surface area contributed by atoms with E-state index in [1.807, 2.05) is 0 Å². The molecule has 0 atom stereocenters. The van der Waals surface area contributed by atoms with Crippen molar-refractivity contribution < 1.29 is 8.42 Å². The average Bonchev–Trinajstić information content (AvgIpc) is 3.24. The van der Waals surface area contributed by atoms with Crippen LogP contribution in [0.1, 0.15) is 25.7 Å². The van der Waals surface area contributed by atoms with Crippen LogP contribution in [0.3, 0.4) is 0 Å². The molecule has 96 valence electrons. The quantitative estimate of drug-likeness (QED) is 0.654. The van der Waals surface area contributed by atoms with Crippen molar-refractivity contribution in [1.29, 1.82) is 0 Å². The molecule has 2 aliphatic rings. The minimum Gasteiger partial charge on any atom is -0.200 e. The fourth-order valence-corrected chi connectivity index (χ4v) is 2.89. The van der Waals surface area contributed by atoms with Gasteiger partial charge in [0.25, 0.3) is 10.0 Å². The summed E-state index contributed by atoms with van der Waals surface area (Å²) in [5, 5.41) is 4.17. The highest BCUT2D eigenvalue weighted by Crippen LogP contribution is 2.42. The summed E-state index contributed by atoms with van der Waals surface area (Å²) < 4.78 is 24.0. The van der Waals surface area contributed by atoms with Crippen LogP contribution in [0.5, 0.6) is 0 Å². The van der Waals surface area contributed by atoms with Gasteiger partial charge < -0.3 is 0 Å². The summed E-state index contributed by atoms with van der Waals surface area (Å²) in [5.41, 5.74) is 1.06. The number of benzene rings is 1. The summed E-state index contributed by atoms with van der Waals surface area (Å²) >= 11 is 0. The van der Waals surface area contributed by atoms with Gasteiger partial charge in [-0.2, -0.15) is 13.5 Å². The van der Waals surface area contributed by atoms with Crippen LogP contribution >= 0.6 is 0 Å². The second-order valence-electron chi connectivity index (χ2n) is 4.99. The summed E-state index contributed by atoms with van der Waals surface area (Å²) in [6.07, 6.45) is 4.62. The van der Waals surface area contributed by atoms with Gasteiger partial charge in [0.1, 0.15) is 0 Å². The van der Waals surface area contributed by atoms with E-state index in [2.05, 4.69) is 9.93 Å². The summed E-state index contributed by atoms with van der Waals surface area (Å²) in [5.74, 6) is 1.05. The molecule has 0 heterocycles. The maximum absolute atomic E-state index is 12.0. The van der Waals surface area contributed by atoms with E-state index >= 15 is 0 Å². The Hall–Kier alpha value is -1.36. The Morgan fingerprint density at radius 2 is 1.61 bits per heavy atom. The van der Waals surface area contributed by atoms with Crippen molar-refractivity contribution in [2.45, 2.75) is 30.6 Å². The molecule has 2 aliphatic carbocycles. The van der Waals surface area contributed by atoms with Crippen molar-refractivity contribution in [3.05, 3.63) is 30.3 Å². The first-order valence-electron chi connectivity index (χ1n) is 6.31. The predicted molar refractivity (Wildman–Crippen MR) is 69.6 cm³/mol. The van der Waals surface area contributed by atoms with Crippen molar-refractivity contribution in [1.82, 2.24) is 4.83 Å². The standard InChI is InChI=1S/C13H16N2O2S/c16-18(17,12-4-2-1-3-5-12)15-14-13(10-6-7-10)11-8-9-11/h1-5,10-11,15H,6-9H2. The molecule has 0 bridgehead atoms. The third-order valence-corrected chi connectivity index (χ3v) is 4.56. The smallest absolute Gasteiger partial charge is 0.200 e. The van der Waals surface area contributed by atoms with Crippen molar-refractivity contribution in [3.8, 4) is 0 Å². The van der Waals surface area contributed by atoms with Gasteiger partial charge in [-0.15, -0.1) is 0 Å². The Labute approximate surface area is 107 Å². The Bertz CT molecular complexity index is 544. The molecule has 0 aromatic heterocycles. The fraction of sp³-hybridized carbons (Fsp3) is 0.462. The van der Waals surface area contributed by atoms with Crippen LogP contribution in [-0.4, -0.2) is 14.1 Å². The maximum Gasteiger partial charge on any atom is 0.276 e. The van der Waals surface area contributed by atoms with Crippen LogP contribution in [0.15, 0.2) is 40.3 Å². The zero-order valence-corrected chi connectivity index (χ0v) is 10.9. The van der Waals surface area contributed by atoms with Gasteiger partial charge in [0.2, 0.25) is 0 Å². The summed E-state index contributed by atoms with van der Waals surface area (Å²) in [7, 11) is -3.50. The fourth-order valence-electron chi connectivity index (χ4n) is 2.04. The molecular formula is C13H16N2O2S. The van der Waals surface area contributed by atoms with E-state index < -0.39 is 10.0 Å². The van der Waals surface area contributed by atoms with Gasteiger partial charge >= 0.3 is 0 Å². The maximum atomic E-state index is 12.0. The van der Waals surface area contributed by atoms with Crippen LogP contribution in [0.25, 0.3) is 0 Å². The summed E-state index contributed by atoms with van der Waals surface area (Å²) in [6.45, 7) is 0. The first kappa shape index (κ1) is 11.7. The van der Waals surface area contributed by atoms with Gasteiger partial charge in [0, 0.05) is 5.71 Å². The molecule has 0 unspecified atom stereocenters. The molecule has 0 amide bonds. The topological polar surface area (TPSA) is 58.5 Å². The minimum atomic E-state index is -3.50. The summed E-state index contributed by atoms with van der Waals surface area (Å²) in [6, 6.07) is 8.36. The lowest BCUT2D eigenvalue weighted by molar-refractivity contribution is 0.584. The van der Waals surface area contributed by atoms with Crippen LogP contribution in [0.4, 0.5) is 0 Å². The van der Waals surface area contributed by atoms with Gasteiger partial charge in [-0.25, -0.2) is 4.83 Å². The molecule has 2 fully saturated rings. The first-order valence-corrected chi connectivity index (χ1v) is 7.79. The third-order valence-electron chi connectivity index (χ3n) is 3.34. The van der Waals surface area contributed by atoms with Crippen molar-refractivity contribution in [2.24, 2.45) is 16.9 Å². The Balaban J connectivity index is 1.77. The van der Waals surface area contributed by atoms with Crippen LogP contribution in [0, 0.1) is 11.8 Å².